The average molecular weight is 156 g/mol. The molecule has 0 aliphatic heterocycles. The number of amides is 1. The molecule has 0 radical (unpaired) electrons. The Hall–Kier alpha value is -0.380. The molecule has 0 rings (SSSR count). The van der Waals surface area contributed by atoms with Crippen LogP contribution in [0.2, 0.25) is 0 Å². The normalized spacial score (nSPS) is 7.00. The standard InChI is InChI=1S/C3H7NO.H3N.H3O2P/c1-4(2)3-5;;1-3-2/h3H,1-2H3;1H3;3H2,(H,1,2). The van der Waals surface area contributed by atoms with Gasteiger partial charge in [0.2, 0.25) is 6.41 Å². The van der Waals surface area contributed by atoms with Crippen molar-refractivity contribution < 1.29 is 14.3 Å². The molecule has 1 amide bonds. The molecule has 1 atom stereocenters. The van der Waals surface area contributed by atoms with Crippen LogP contribution in [0.15, 0.2) is 0 Å². The summed E-state index contributed by atoms with van der Waals surface area (Å²) in [7, 11) is 1.87. The van der Waals surface area contributed by atoms with Gasteiger partial charge in [0.05, 0.1) is 0 Å². The predicted molar refractivity (Wildman–Crippen MR) is 37.4 cm³/mol. The Morgan fingerprint density at radius 1 is 1.56 bits per heavy atom. The quantitative estimate of drug-likeness (QED) is 0.396. The molecule has 0 saturated heterocycles. The van der Waals surface area contributed by atoms with Crippen molar-refractivity contribution in [3.63, 3.8) is 0 Å². The van der Waals surface area contributed by atoms with Crippen LogP contribution < -0.4 is 6.15 Å². The lowest BCUT2D eigenvalue weighted by molar-refractivity contribution is -0.115. The van der Waals surface area contributed by atoms with Gasteiger partial charge in [0.25, 0.3) is 0 Å². The Kier molecular flexibility index (Phi) is 27.5. The van der Waals surface area contributed by atoms with Gasteiger partial charge in [-0.2, -0.15) is 0 Å². The molecule has 0 aromatic rings. The highest BCUT2D eigenvalue weighted by molar-refractivity contribution is 7.16. The third-order valence-electron chi connectivity index (χ3n) is 0.211. The van der Waals surface area contributed by atoms with Gasteiger partial charge in [-0.15, -0.1) is 0 Å². The maximum absolute atomic E-state index is 9.43. The maximum atomic E-state index is 9.43. The van der Waals surface area contributed by atoms with E-state index < -0.39 is 8.69 Å². The Balaban J connectivity index is -0.0000000800. The molecule has 0 heterocycles. The summed E-state index contributed by atoms with van der Waals surface area (Å²) in [6.45, 7) is 0. The van der Waals surface area contributed by atoms with Crippen LogP contribution in [0.4, 0.5) is 0 Å². The summed E-state index contributed by atoms with van der Waals surface area (Å²) in [6.07, 6.45) is 0.750. The van der Waals surface area contributed by atoms with Crippen LogP contribution in [0.1, 0.15) is 0 Å². The van der Waals surface area contributed by atoms with Crippen molar-refractivity contribution in [2.45, 2.75) is 0 Å². The summed E-state index contributed by atoms with van der Waals surface area (Å²) in [6, 6.07) is 0. The van der Waals surface area contributed by atoms with E-state index in [4.69, 9.17) is 9.46 Å². The number of rotatable bonds is 1. The van der Waals surface area contributed by atoms with Crippen molar-refractivity contribution >= 4 is 15.1 Å². The van der Waals surface area contributed by atoms with Gasteiger partial charge in [-0.05, 0) is 0 Å². The molecule has 9 heavy (non-hydrogen) atoms. The topological polar surface area (TPSA) is 92.6 Å². The number of carbonyl (C=O) groups excluding carboxylic acids is 1. The Bertz CT molecular complexity index is 68.1. The second-order valence-electron chi connectivity index (χ2n) is 1.17. The first-order valence-corrected chi connectivity index (χ1v) is 2.87. The van der Waals surface area contributed by atoms with Crippen LogP contribution in [-0.4, -0.2) is 30.3 Å². The average Bonchev–Trinajstić information content (AvgIpc) is 1.69. The van der Waals surface area contributed by atoms with E-state index in [-0.39, 0.29) is 6.15 Å². The second kappa shape index (κ2) is 15.6. The molecule has 0 bridgehead atoms. The fraction of sp³-hybridized carbons (Fsp3) is 0.667. The van der Waals surface area contributed by atoms with Gasteiger partial charge in [-0.1, -0.05) is 0 Å². The molecule has 1 unspecified atom stereocenters. The molecular formula is C3H13N2O3P. The Labute approximate surface area is 55.5 Å². The lowest BCUT2D eigenvalue weighted by atomic mass is 11.0. The molecule has 6 heteroatoms. The number of carbonyl (C=O) groups is 1. The zero-order chi connectivity index (χ0) is 6.99. The summed E-state index contributed by atoms with van der Waals surface area (Å²) in [5.41, 5.74) is 0. The second-order valence-corrected chi connectivity index (χ2v) is 1.39. The highest BCUT2D eigenvalue weighted by Gasteiger charge is 1.68. The van der Waals surface area contributed by atoms with E-state index in [1.807, 2.05) is 0 Å². The van der Waals surface area contributed by atoms with Gasteiger partial charge in [-0.25, -0.2) is 0 Å². The minimum Gasteiger partial charge on any atom is -0.351 e. The zero-order valence-corrected chi connectivity index (χ0v) is 6.73. The summed E-state index contributed by atoms with van der Waals surface area (Å²) in [4.78, 5) is 18.0. The predicted octanol–water partition coefficient (Wildman–Crippen LogP) is -0.484. The Morgan fingerprint density at radius 3 is 1.67 bits per heavy atom. The zero-order valence-electron chi connectivity index (χ0n) is 5.57. The van der Waals surface area contributed by atoms with E-state index >= 15 is 0 Å². The minimum absolute atomic E-state index is 0. The molecule has 5 nitrogen and oxygen atoms in total. The van der Waals surface area contributed by atoms with Crippen molar-refractivity contribution in [1.29, 1.82) is 0 Å². The van der Waals surface area contributed by atoms with Gasteiger partial charge in [0.15, 0.2) is 8.69 Å². The van der Waals surface area contributed by atoms with E-state index in [0.29, 0.717) is 0 Å². The highest BCUT2D eigenvalue weighted by Crippen LogP contribution is 1.66. The molecule has 58 valence electrons. The first-order valence-electron chi connectivity index (χ1n) is 1.88. The number of hydrogen-bond donors (Lipinski definition) is 2. The fourth-order valence-electron chi connectivity index (χ4n) is 0. The lowest BCUT2D eigenvalue weighted by Crippen LogP contribution is -2.06. The van der Waals surface area contributed by atoms with Crippen molar-refractivity contribution in [2.75, 3.05) is 14.1 Å². The largest absolute Gasteiger partial charge is 0.351 e. The van der Waals surface area contributed by atoms with Gasteiger partial charge in [-0.3, -0.25) is 9.36 Å². The lowest BCUT2D eigenvalue weighted by Gasteiger charge is -1.93. The van der Waals surface area contributed by atoms with Crippen molar-refractivity contribution in [2.24, 2.45) is 0 Å². The first-order chi connectivity index (χ1) is 3.68. The summed E-state index contributed by atoms with van der Waals surface area (Å²) >= 11 is 0. The van der Waals surface area contributed by atoms with Gasteiger partial charge >= 0.3 is 0 Å². The van der Waals surface area contributed by atoms with Crippen molar-refractivity contribution in [3.05, 3.63) is 0 Å². The smallest absolute Gasteiger partial charge is 0.209 e. The third kappa shape index (κ3) is 91.7. The molecular weight excluding hydrogens is 143 g/mol. The van der Waals surface area contributed by atoms with E-state index in [0.717, 1.165) is 6.41 Å². The van der Waals surface area contributed by atoms with Crippen molar-refractivity contribution in [3.8, 4) is 0 Å². The van der Waals surface area contributed by atoms with Gasteiger partial charge in [0.1, 0.15) is 0 Å². The molecule has 4 N–H and O–H groups in total. The van der Waals surface area contributed by atoms with E-state index in [1.165, 1.54) is 4.90 Å². The summed E-state index contributed by atoms with van der Waals surface area (Å²) in [5, 5.41) is 0. The molecule has 0 aliphatic rings. The van der Waals surface area contributed by atoms with Gasteiger partial charge in [0, 0.05) is 14.1 Å². The van der Waals surface area contributed by atoms with E-state index in [1.54, 1.807) is 14.1 Å². The maximum Gasteiger partial charge on any atom is 0.209 e. The van der Waals surface area contributed by atoms with E-state index in [9.17, 15) is 4.79 Å². The third-order valence-corrected chi connectivity index (χ3v) is 0.211. The number of hydrogen-bond acceptors (Lipinski definition) is 3. The van der Waals surface area contributed by atoms with Gasteiger partial charge < -0.3 is 15.9 Å². The molecule has 0 spiro atoms. The molecule has 0 saturated carbocycles. The fourth-order valence-corrected chi connectivity index (χ4v) is 0. The molecule has 0 aliphatic carbocycles. The highest BCUT2D eigenvalue weighted by atomic mass is 31.1. The van der Waals surface area contributed by atoms with Crippen LogP contribution in [0.25, 0.3) is 0 Å². The summed E-state index contributed by atoms with van der Waals surface area (Å²) < 4.78 is 8.57. The Morgan fingerprint density at radius 2 is 1.67 bits per heavy atom. The van der Waals surface area contributed by atoms with Crippen LogP contribution in [0.3, 0.4) is 0 Å². The molecule has 0 fully saturated rings. The van der Waals surface area contributed by atoms with Crippen LogP contribution >= 0.6 is 8.69 Å². The molecule has 0 aromatic carbocycles. The van der Waals surface area contributed by atoms with Crippen LogP contribution in [-0.2, 0) is 9.36 Å². The summed E-state index contributed by atoms with van der Waals surface area (Å²) in [5.74, 6) is 0. The SMILES string of the molecule is CN(C)C=O.N.O=[PH2]O. The van der Waals surface area contributed by atoms with Crippen LogP contribution in [0.5, 0.6) is 0 Å². The first kappa shape index (κ1) is 15.8. The van der Waals surface area contributed by atoms with Crippen molar-refractivity contribution in [1.82, 2.24) is 11.1 Å². The molecule has 0 aromatic heterocycles. The van der Waals surface area contributed by atoms with Crippen LogP contribution in [0, 0.1) is 0 Å². The monoisotopic (exact) mass is 156 g/mol. The number of nitrogens with zero attached hydrogens (tertiary/aromatic N) is 1. The van der Waals surface area contributed by atoms with E-state index in [2.05, 4.69) is 0 Å². The minimum atomic E-state index is -1.50.